The lowest BCUT2D eigenvalue weighted by Crippen LogP contribution is -2.34. The minimum atomic E-state index is -0.181. The first-order valence-corrected chi connectivity index (χ1v) is 8.35. The molecule has 0 saturated heterocycles. The van der Waals surface area contributed by atoms with Gasteiger partial charge in [-0.05, 0) is 42.9 Å². The van der Waals surface area contributed by atoms with Gasteiger partial charge in [-0.2, -0.15) is 0 Å². The Hall–Kier alpha value is -1.03. The summed E-state index contributed by atoms with van der Waals surface area (Å²) in [5.74, 6) is 0.994. The highest BCUT2D eigenvalue weighted by atomic mass is 32.2. The number of nitrogens with zero attached hydrogens (tertiary/aromatic N) is 1. The van der Waals surface area contributed by atoms with Crippen LogP contribution in [0.15, 0.2) is 29.3 Å². The highest BCUT2D eigenvalue weighted by molar-refractivity contribution is 8.13. The van der Waals surface area contributed by atoms with E-state index in [1.54, 1.807) is 12.1 Å². The molecule has 0 bridgehead atoms. The Morgan fingerprint density at radius 3 is 2.80 bits per heavy atom. The average Bonchev–Trinajstić information content (AvgIpc) is 2.90. The Balaban J connectivity index is 1.62. The number of benzene rings is 1. The lowest BCUT2D eigenvalue weighted by Gasteiger charge is -2.32. The molecule has 3 rings (SSSR count). The summed E-state index contributed by atoms with van der Waals surface area (Å²) in [5.41, 5.74) is 1.44. The van der Waals surface area contributed by atoms with Crippen LogP contribution >= 0.6 is 11.8 Å². The smallest absolute Gasteiger partial charge is 0.157 e. The van der Waals surface area contributed by atoms with E-state index in [0.717, 1.165) is 17.3 Å². The Morgan fingerprint density at radius 1 is 1.35 bits per heavy atom. The molecule has 1 aliphatic carbocycles. The van der Waals surface area contributed by atoms with Gasteiger partial charge in [0.15, 0.2) is 5.17 Å². The zero-order valence-electron chi connectivity index (χ0n) is 11.9. The summed E-state index contributed by atoms with van der Waals surface area (Å²) in [6.45, 7) is 3.01. The molecular formula is C16H21FN2S. The zero-order chi connectivity index (χ0) is 14.0. The molecule has 1 N–H and O–H groups in total. The summed E-state index contributed by atoms with van der Waals surface area (Å²) in [7, 11) is 0. The van der Waals surface area contributed by atoms with Gasteiger partial charge in [-0.15, -0.1) is 0 Å². The van der Waals surface area contributed by atoms with Crippen molar-refractivity contribution >= 4 is 16.9 Å². The fraction of sp³-hybridized carbons (Fsp3) is 0.562. The Labute approximate surface area is 124 Å². The average molecular weight is 292 g/mol. The van der Waals surface area contributed by atoms with E-state index in [4.69, 9.17) is 4.99 Å². The molecule has 108 valence electrons. The van der Waals surface area contributed by atoms with E-state index in [-0.39, 0.29) is 11.9 Å². The molecular weight excluding hydrogens is 271 g/mol. The molecule has 2 nitrogen and oxygen atoms in total. The molecule has 1 heterocycles. The predicted octanol–water partition coefficient (Wildman–Crippen LogP) is 4.14. The van der Waals surface area contributed by atoms with Crippen molar-refractivity contribution < 1.29 is 4.39 Å². The molecule has 0 radical (unpaired) electrons. The Bertz CT molecular complexity index is 509. The van der Waals surface area contributed by atoms with Gasteiger partial charge in [0.05, 0.1) is 6.04 Å². The summed E-state index contributed by atoms with van der Waals surface area (Å²) in [6, 6.07) is 6.87. The number of hydrogen-bond donors (Lipinski definition) is 1. The number of aliphatic imine (C=N–C) groups is 1. The second-order valence-electron chi connectivity index (χ2n) is 6.04. The molecule has 20 heavy (non-hydrogen) atoms. The molecule has 1 fully saturated rings. The molecule has 1 aromatic rings. The van der Waals surface area contributed by atoms with Gasteiger partial charge in [-0.25, -0.2) is 4.39 Å². The van der Waals surface area contributed by atoms with Gasteiger partial charge in [0.2, 0.25) is 0 Å². The molecule has 0 amide bonds. The van der Waals surface area contributed by atoms with Gasteiger partial charge >= 0.3 is 0 Å². The van der Waals surface area contributed by atoms with Crippen LogP contribution in [0.2, 0.25) is 0 Å². The standard InChI is InChI=1S/C16H21FN2S/c1-12(13-5-4-6-14(17)9-13)19-15-18-10-16(11-20-15)7-2-3-8-16/h4-6,9,12H,2-3,7-8,10-11H2,1H3,(H,18,19). The van der Waals surface area contributed by atoms with Crippen LogP contribution in [-0.2, 0) is 0 Å². The van der Waals surface area contributed by atoms with Crippen LogP contribution in [0.4, 0.5) is 4.39 Å². The number of amidine groups is 1. The van der Waals surface area contributed by atoms with E-state index in [2.05, 4.69) is 12.2 Å². The largest absolute Gasteiger partial charge is 0.358 e. The van der Waals surface area contributed by atoms with Crippen molar-refractivity contribution in [1.82, 2.24) is 5.32 Å². The molecule has 1 atom stereocenters. The monoisotopic (exact) mass is 292 g/mol. The van der Waals surface area contributed by atoms with Crippen LogP contribution < -0.4 is 5.32 Å². The molecule has 2 aliphatic rings. The van der Waals surface area contributed by atoms with Crippen molar-refractivity contribution in [3.05, 3.63) is 35.6 Å². The summed E-state index contributed by atoms with van der Waals surface area (Å²) < 4.78 is 13.2. The summed E-state index contributed by atoms with van der Waals surface area (Å²) >= 11 is 1.83. The minimum Gasteiger partial charge on any atom is -0.358 e. The van der Waals surface area contributed by atoms with Crippen LogP contribution in [0.5, 0.6) is 0 Å². The van der Waals surface area contributed by atoms with E-state index in [1.165, 1.54) is 37.5 Å². The van der Waals surface area contributed by atoms with Crippen molar-refractivity contribution in [1.29, 1.82) is 0 Å². The number of thioether (sulfide) groups is 1. The van der Waals surface area contributed by atoms with E-state index in [0.29, 0.717) is 5.41 Å². The lowest BCUT2D eigenvalue weighted by molar-refractivity contribution is 0.358. The Morgan fingerprint density at radius 2 is 2.15 bits per heavy atom. The van der Waals surface area contributed by atoms with Crippen molar-refractivity contribution in [2.45, 2.75) is 38.6 Å². The fourth-order valence-corrected chi connectivity index (χ4v) is 4.35. The molecule has 1 spiro atoms. The van der Waals surface area contributed by atoms with Crippen molar-refractivity contribution in [2.24, 2.45) is 10.4 Å². The third-order valence-corrected chi connectivity index (χ3v) is 5.70. The van der Waals surface area contributed by atoms with Gasteiger partial charge in [0.25, 0.3) is 0 Å². The maximum atomic E-state index is 13.2. The molecule has 1 aliphatic heterocycles. The summed E-state index contributed by atoms with van der Waals surface area (Å²) in [5, 5.41) is 4.43. The van der Waals surface area contributed by atoms with Gasteiger partial charge < -0.3 is 5.32 Å². The lowest BCUT2D eigenvalue weighted by atomic mass is 9.89. The maximum Gasteiger partial charge on any atom is 0.157 e. The number of halogens is 1. The van der Waals surface area contributed by atoms with Crippen molar-refractivity contribution in [2.75, 3.05) is 12.3 Å². The van der Waals surface area contributed by atoms with Gasteiger partial charge in [-0.1, -0.05) is 36.7 Å². The van der Waals surface area contributed by atoms with E-state index >= 15 is 0 Å². The second kappa shape index (κ2) is 5.76. The molecule has 1 unspecified atom stereocenters. The second-order valence-corrected chi connectivity index (χ2v) is 7.00. The highest BCUT2D eigenvalue weighted by Gasteiger charge is 2.36. The quantitative estimate of drug-likeness (QED) is 0.886. The van der Waals surface area contributed by atoms with Gasteiger partial charge in [-0.3, -0.25) is 4.99 Å². The van der Waals surface area contributed by atoms with Gasteiger partial charge in [0, 0.05) is 12.3 Å². The third-order valence-electron chi connectivity index (χ3n) is 4.43. The van der Waals surface area contributed by atoms with Crippen LogP contribution in [0.1, 0.15) is 44.2 Å². The predicted molar refractivity (Wildman–Crippen MR) is 83.6 cm³/mol. The fourth-order valence-electron chi connectivity index (χ4n) is 3.11. The Kier molecular flexibility index (Phi) is 4.01. The highest BCUT2D eigenvalue weighted by Crippen LogP contribution is 2.43. The minimum absolute atomic E-state index is 0.0922. The number of rotatable bonds is 2. The van der Waals surface area contributed by atoms with Crippen LogP contribution in [-0.4, -0.2) is 17.5 Å². The SMILES string of the molecule is CC(NC1=NCC2(CCCC2)CS1)c1cccc(F)c1. The first kappa shape index (κ1) is 13.9. The molecule has 1 aromatic carbocycles. The molecule has 0 aromatic heterocycles. The first-order chi connectivity index (χ1) is 9.67. The van der Waals surface area contributed by atoms with E-state index in [1.807, 2.05) is 17.8 Å². The van der Waals surface area contributed by atoms with E-state index < -0.39 is 0 Å². The number of hydrogen-bond acceptors (Lipinski definition) is 3. The summed E-state index contributed by atoms with van der Waals surface area (Å²) in [4.78, 5) is 4.73. The van der Waals surface area contributed by atoms with Crippen LogP contribution in [0, 0.1) is 11.2 Å². The molecule has 1 saturated carbocycles. The van der Waals surface area contributed by atoms with Gasteiger partial charge in [0.1, 0.15) is 5.82 Å². The summed E-state index contributed by atoms with van der Waals surface area (Å²) in [6.07, 6.45) is 5.38. The van der Waals surface area contributed by atoms with Crippen molar-refractivity contribution in [3.8, 4) is 0 Å². The first-order valence-electron chi connectivity index (χ1n) is 7.36. The van der Waals surface area contributed by atoms with E-state index in [9.17, 15) is 4.39 Å². The topological polar surface area (TPSA) is 24.4 Å². The maximum absolute atomic E-state index is 13.2. The van der Waals surface area contributed by atoms with Crippen LogP contribution in [0.25, 0.3) is 0 Å². The zero-order valence-corrected chi connectivity index (χ0v) is 12.7. The number of nitrogens with one attached hydrogen (secondary N) is 1. The van der Waals surface area contributed by atoms with Crippen molar-refractivity contribution in [3.63, 3.8) is 0 Å². The molecule has 4 heteroatoms. The van der Waals surface area contributed by atoms with Crippen LogP contribution in [0.3, 0.4) is 0 Å². The third kappa shape index (κ3) is 3.00. The normalized spacial score (nSPS) is 22.6.